The molecule has 46 heavy (non-hydrogen) atoms. The van der Waals surface area contributed by atoms with Crippen LogP contribution in [0.2, 0.25) is 0 Å². The molecule has 0 bridgehead atoms. The third kappa shape index (κ3) is 12.2. The van der Waals surface area contributed by atoms with E-state index in [1.807, 2.05) is 0 Å². The molecular formula is C42H63BiO3. The van der Waals surface area contributed by atoms with Crippen LogP contribution in [0, 0.1) is 0 Å². The predicted octanol–water partition coefficient (Wildman–Crippen LogP) is 9.77. The van der Waals surface area contributed by atoms with Crippen molar-refractivity contribution in [1.82, 2.24) is 0 Å². The molecule has 0 saturated heterocycles. The summed E-state index contributed by atoms with van der Waals surface area (Å²) in [5, 5.41) is 0. The Bertz CT molecular complexity index is 1110. The molecule has 0 radical (unpaired) electrons. The monoisotopic (exact) mass is 824 g/mol. The van der Waals surface area contributed by atoms with Gasteiger partial charge in [0.25, 0.3) is 0 Å². The van der Waals surface area contributed by atoms with Crippen LogP contribution in [0.3, 0.4) is 0 Å². The average Bonchev–Trinajstić information content (AvgIpc) is 3.06. The van der Waals surface area contributed by atoms with Crippen LogP contribution in [0.1, 0.15) is 135 Å². The van der Waals surface area contributed by atoms with Gasteiger partial charge < -0.3 is 0 Å². The molecule has 3 nitrogen and oxygen atoms in total. The van der Waals surface area contributed by atoms with E-state index in [1.165, 1.54) is 104 Å². The van der Waals surface area contributed by atoms with Gasteiger partial charge in [0, 0.05) is 0 Å². The van der Waals surface area contributed by atoms with Crippen LogP contribution >= 0.6 is 0 Å². The third-order valence-corrected chi connectivity index (χ3v) is 18.6. The zero-order chi connectivity index (χ0) is 33.0. The van der Waals surface area contributed by atoms with Crippen LogP contribution < -0.4 is 24.0 Å². The van der Waals surface area contributed by atoms with E-state index >= 15 is 0 Å². The van der Waals surface area contributed by atoms with Crippen molar-refractivity contribution >= 4 is 31.6 Å². The molecule has 0 aromatic heterocycles. The molecule has 0 heterocycles. The number of aryl methyl sites for hydroxylation is 3. The molecule has 4 heteroatoms. The normalized spacial score (nSPS) is 11.3. The first-order valence-corrected chi connectivity index (χ1v) is 23.9. The number of ether oxygens (including phenoxy) is 3. The molecule has 0 N–H and O–H groups in total. The number of benzene rings is 3. The SMILES string of the molecule is CCCCCCc1cc[c]([Bi]([c]2ccc(CCCCCC)cc2OCC)[c]2ccc(CCCCCC)cc2OCC)c(OCC)c1. The summed E-state index contributed by atoms with van der Waals surface area (Å²) in [5.41, 5.74) is 4.14. The summed E-state index contributed by atoms with van der Waals surface area (Å²) in [5.74, 6) is 3.18. The maximum absolute atomic E-state index is 6.50. The van der Waals surface area contributed by atoms with Crippen LogP contribution in [0.4, 0.5) is 0 Å². The molecule has 3 aromatic rings. The summed E-state index contributed by atoms with van der Waals surface area (Å²) in [4.78, 5) is 0. The Morgan fingerprint density at radius 2 is 0.696 bits per heavy atom. The van der Waals surface area contributed by atoms with Gasteiger partial charge in [0.15, 0.2) is 0 Å². The summed E-state index contributed by atoms with van der Waals surface area (Å²) in [7, 11) is 0. The fourth-order valence-corrected chi connectivity index (χ4v) is 15.9. The Kier molecular flexibility index (Phi) is 18.8. The summed E-state index contributed by atoms with van der Waals surface area (Å²) in [6, 6.07) is 21.4. The Labute approximate surface area is 290 Å². The molecule has 0 aliphatic carbocycles. The first kappa shape index (κ1) is 38.4. The van der Waals surface area contributed by atoms with E-state index in [0.29, 0.717) is 19.8 Å². The number of rotatable bonds is 24. The van der Waals surface area contributed by atoms with Gasteiger partial charge in [-0.3, -0.25) is 0 Å². The van der Waals surface area contributed by atoms with Gasteiger partial charge in [0.1, 0.15) is 0 Å². The zero-order valence-corrected chi connectivity index (χ0v) is 33.6. The molecule has 0 atom stereocenters. The summed E-state index contributed by atoms with van der Waals surface area (Å²) >= 11 is -3.00. The van der Waals surface area contributed by atoms with Gasteiger partial charge in [-0.05, 0) is 0 Å². The Morgan fingerprint density at radius 1 is 0.391 bits per heavy atom. The summed E-state index contributed by atoms with van der Waals surface area (Å²) in [6.07, 6.45) is 18.6. The van der Waals surface area contributed by atoms with Crippen molar-refractivity contribution < 1.29 is 14.2 Å². The maximum atomic E-state index is 6.50. The first-order valence-electron chi connectivity index (χ1n) is 18.7. The molecular weight excluding hydrogens is 761 g/mol. The minimum absolute atomic E-state index is 0.661. The van der Waals surface area contributed by atoms with Gasteiger partial charge in [-0.2, -0.15) is 0 Å². The quantitative estimate of drug-likeness (QED) is 0.0666. The van der Waals surface area contributed by atoms with Gasteiger partial charge in [-0.15, -0.1) is 0 Å². The van der Waals surface area contributed by atoms with E-state index in [2.05, 4.69) is 96.1 Å². The fraction of sp³-hybridized carbons (Fsp3) is 0.571. The van der Waals surface area contributed by atoms with E-state index in [1.54, 1.807) is 0 Å². The molecule has 0 fully saturated rings. The summed E-state index contributed by atoms with van der Waals surface area (Å²) < 4.78 is 23.6. The van der Waals surface area contributed by atoms with Crippen LogP contribution in [0.15, 0.2) is 54.6 Å². The first-order chi connectivity index (χ1) is 22.6. The summed E-state index contributed by atoms with van der Waals surface area (Å²) in [6.45, 7) is 15.1. The van der Waals surface area contributed by atoms with E-state index in [9.17, 15) is 0 Å². The third-order valence-electron chi connectivity index (χ3n) is 8.65. The van der Waals surface area contributed by atoms with E-state index in [0.717, 1.165) is 36.5 Å². The molecule has 254 valence electrons. The van der Waals surface area contributed by atoms with E-state index in [-0.39, 0.29) is 0 Å². The number of hydrogen-bond acceptors (Lipinski definition) is 3. The second-order valence-electron chi connectivity index (χ2n) is 12.5. The van der Waals surface area contributed by atoms with Gasteiger partial charge in [-0.1, -0.05) is 0 Å². The molecule has 3 rings (SSSR count). The molecule has 0 unspecified atom stereocenters. The van der Waals surface area contributed by atoms with Crippen molar-refractivity contribution in [2.45, 2.75) is 138 Å². The topological polar surface area (TPSA) is 27.7 Å². The Hall–Kier alpha value is -2.06. The Balaban J connectivity index is 2.15. The zero-order valence-electron chi connectivity index (χ0n) is 30.1. The van der Waals surface area contributed by atoms with Crippen LogP contribution in [0.5, 0.6) is 17.2 Å². The second-order valence-corrected chi connectivity index (χ2v) is 20.7. The number of unbranched alkanes of at least 4 members (excludes halogenated alkanes) is 9. The average molecular weight is 825 g/mol. The van der Waals surface area contributed by atoms with Crippen molar-refractivity contribution in [1.29, 1.82) is 0 Å². The molecule has 0 amide bonds. The van der Waals surface area contributed by atoms with Crippen molar-refractivity contribution in [2.24, 2.45) is 0 Å². The molecule has 0 spiro atoms. The van der Waals surface area contributed by atoms with Crippen molar-refractivity contribution in [3.63, 3.8) is 0 Å². The standard InChI is InChI=1S/3C14H21O.Bi/c3*1-3-5-6-7-9-13-10-8-11-14(12-13)15-4-2;/h3*8,10,12H,3-7,9H2,1-2H3;. The van der Waals surface area contributed by atoms with Crippen molar-refractivity contribution in [3.8, 4) is 17.2 Å². The predicted molar refractivity (Wildman–Crippen MR) is 201 cm³/mol. The van der Waals surface area contributed by atoms with Gasteiger partial charge >= 0.3 is 292 Å². The Morgan fingerprint density at radius 3 is 0.957 bits per heavy atom. The molecule has 0 aliphatic rings. The fourth-order valence-electron chi connectivity index (χ4n) is 6.17. The molecule has 0 saturated carbocycles. The second kappa shape index (κ2) is 22.5. The van der Waals surface area contributed by atoms with Gasteiger partial charge in [0.05, 0.1) is 0 Å². The van der Waals surface area contributed by atoms with Crippen molar-refractivity contribution in [3.05, 3.63) is 71.3 Å². The number of hydrogen-bond donors (Lipinski definition) is 0. The van der Waals surface area contributed by atoms with E-state index < -0.39 is 21.8 Å². The van der Waals surface area contributed by atoms with Crippen LogP contribution in [0.25, 0.3) is 0 Å². The van der Waals surface area contributed by atoms with Gasteiger partial charge in [0.2, 0.25) is 0 Å². The van der Waals surface area contributed by atoms with Gasteiger partial charge in [-0.25, -0.2) is 0 Å². The molecule has 3 aromatic carbocycles. The van der Waals surface area contributed by atoms with E-state index in [4.69, 9.17) is 14.2 Å². The molecule has 0 aliphatic heterocycles. The van der Waals surface area contributed by atoms with Crippen LogP contribution in [-0.4, -0.2) is 41.6 Å². The minimum atomic E-state index is -3.00. The van der Waals surface area contributed by atoms with Crippen molar-refractivity contribution in [2.75, 3.05) is 19.8 Å². The van der Waals surface area contributed by atoms with Crippen LogP contribution in [-0.2, 0) is 19.3 Å².